The van der Waals surface area contributed by atoms with Crippen LogP contribution in [0, 0.1) is 5.82 Å². The lowest BCUT2D eigenvalue weighted by molar-refractivity contribution is -0.137. The molecule has 0 aliphatic rings. The van der Waals surface area contributed by atoms with Gasteiger partial charge in [0.1, 0.15) is 5.82 Å². The molecule has 82 valence electrons. The van der Waals surface area contributed by atoms with E-state index in [0.29, 0.717) is 6.42 Å². The molecule has 3 nitrogen and oxygen atoms in total. The third kappa shape index (κ3) is 3.97. The van der Waals surface area contributed by atoms with Gasteiger partial charge in [-0.05, 0) is 30.7 Å². The van der Waals surface area contributed by atoms with E-state index in [1.807, 2.05) is 6.92 Å². The highest BCUT2D eigenvalue weighted by molar-refractivity contribution is 5.68. The van der Waals surface area contributed by atoms with Gasteiger partial charge < -0.3 is 10.4 Å². The van der Waals surface area contributed by atoms with Gasteiger partial charge in [-0.25, -0.2) is 4.39 Å². The Morgan fingerprint density at radius 3 is 2.53 bits per heavy atom. The van der Waals surface area contributed by atoms with E-state index in [-0.39, 0.29) is 18.3 Å². The molecule has 4 heteroatoms. The van der Waals surface area contributed by atoms with Crippen LogP contribution in [0.3, 0.4) is 0 Å². The largest absolute Gasteiger partial charge is 0.481 e. The molecule has 1 atom stereocenters. The van der Waals surface area contributed by atoms with Crippen LogP contribution in [0.1, 0.15) is 19.8 Å². The summed E-state index contributed by atoms with van der Waals surface area (Å²) in [6.45, 7) is 1.91. The lowest BCUT2D eigenvalue weighted by atomic mass is 10.1. The second kappa shape index (κ2) is 5.34. The highest BCUT2D eigenvalue weighted by Gasteiger charge is 2.10. The molecule has 0 saturated heterocycles. The van der Waals surface area contributed by atoms with E-state index in [0.717, 1.165) is 5.69 Å². The Bertz CT molecular complexity index is 324. The molecule has 0 radical (unpaired) electrons. The number of benzene rings is 1. The van der Waals surface area contributed by atoms with Crippen molar-refractivity contribution in [2.45, 2.75) is 25.8 Å². The van der Waals surface area contributed by atoms with Crippen LogP contribution in [0.15, 0.2) is 24.3 Å². The monoisotopic (exact) mass is 211 g/mol. The predicted octanol–water partition coefficient (Wildman–Crippen LogP) is 2.49. The molecule has 0 aromatic heterocycles. The second-order valence-electron chi connectivity index (χ2n) is 3.35. The first-order valence-electron chi connectivity index (χ1n) is 4.85. The zero-order valence-corrected chi connectivity index (χ0v) is 8.53. The number of nitrogens with one attached hydrogen (secondary N) is 1. The van der Waals surface area contributed by atoms with Crippen LogP contribution < -0.4 is 5.32 Å². The molecule has 0 heterocycles. The Labute approximate surface area is 87.9 Å². The second-order valence-corrected chi connectivity index (χ2v) is 3.35. The smallest absolute Gasteiger partial charge is 0.305 e. The summed E-state index contributed by atoms with van der Waals surface area (Å²) in [6, 6.07) is 5.76. The van der Waals surface area contributed by atoms with Gasteiger partial charge in [-0.3, -0.25) is 4.79 Å². The minimum absolute atomic E-state index is 0.0634. The van der Waals surface area contributed by atoms with E-state index >= 15 is 0 Å². The molecule has 15 heavy (non-hydrogen) atoms. The highest BCUT2D eigenvalue weighted by Crippen LogP contribution is 2.12. The molecule has 0 fully saturated rings. The number of halogens is 1. The summed E-state index contributed by atoms with van der Waals surface area (Å²) in [5.74, 6) is -1.14. The van der Waals surface area contributed by atoms with Crippen molar-refractivity contribution < 1.29 is 14.3 Å². The van der Waals surface area contributed by atoms with Crippen LogP contribution in [-0.2, 0) is 4.79 Å². The fourth-order valence-corrected chi connectivity index (χ4v) is 1.29. The lowest BCUT2D eigenvalue weighted by Gasteiger charge is -2.15. The van der Waals surface area contributed by atoms with Crippen LogP contribution in [0.25, 0.3) is 0 Å². The van der Waals surface area contributed by atoms with Gasteiger partial charge in [0.05, 0.1) is 6.42 Å². The molecule has 0 spiro atoms. The van der Waals surface area contributed by atoms with Gasteiger partial charge in [0.2, 0.25) is 0 Å². The van der Waals surface area contributed by atoms with Crippen molar-refractivity contribution in [2.24, 2.45) is 0 Å². The maximum absolute atomic E-state index is 12.6. The Morgan fingerprint density at radius 1 is 1.47 bits per heavy atom. The van der Waals surface area contributed by atoms with E-state index < -0.39 is 5.97 Å². The summed E-state index contributed by atoms with van der Waals surface area (Å²) < 4.78 is 12.6. The van der Waals surface area contributed by atoms with Crippen molar-refractivity contribution in [1.29, 1.82) is 0 Å². The Kier molecular flexibility index (Phi) is 4.09. The molecule has 1 rings (SSSR count). The highest BCUT2D eigenvalue weighted by atomic mass is 19.1. The normalized spacial score (nSPS) is 12.1. The van der Waals surface area contributed by atoms with Crippen molar-refractivity contribution >= 4 is 11.7 Å². The van der Waals surface area contributed by atoms with Crippen LogP contribution in [-0.4, -0.2) is 17.1 Å². The van der Waals surface area contributed by atoms with E-state index in [1.54, 1.807) is 12.1 Å². The Morgan fingerprint density at radius 2 is 2.07 bits per heavy atom. The van der Waals surface area contributed by atoms with E-state index in [2.05, 4.69) is 5.32 Å². The van der Waals surface area contributed by atoms with Crippen LogP contribution in [0.4, 0.5) is 10.1 Å². The van der Waals surface area contributed by atoms with Crippen molar-refractivity contribution in [1.82, 2.24) is 0 Å². The van der Waals surface area contributed by atoms with Gasteiger partial charge in [0, 0.05) is 11.7 Å². The number of hydrogen-bond donors (Lipinski definition) is 2. The number of carbonyl (C=O) groups is 1. The minimum atomic E-state index is -0.837. The van der Waals surface area contributed by atoms with E-state index in [9.17, 15) is 9.18 Å². The van der Waals surface area contributed by atoms with Crippen molar-refractivity contribution in [2.75, 3.05) is 5.32 Å². The summed E-state index contributed by atoms with van der Waals surface area (Å²) in [5, 5.41) is 11.7. The third-order valence-electron chi connectivity index (χ3n) is 2.13. The molecule has 1 aromatic carbocycles. The Balaban J connectivity index is 2.58. The summed E-state index contributed by atoms with van der Waals surface area (Å²) >= 11 is 0. The van der Waals surface area contributed by atoms with Crippen molar-refractivity contribution in [3.63, 3.8) is 0 Å². The first-order chi connectivity index (χ1) is 7.11. The SMILES string of the molecule is CC[C@H](CC(=O)O)Nc1ccc(F)cc1. The fourth-order valence-electron chi connectivity index (χ4n) is 1.29. The predicted molar refractivity (Wildman–Crippen MR) is 56.4 cm³/mol. The summed E-state index contributed by atoms with van der Waals surface area (Å²) in [6.07, 6.45) is 0.775. The maximum Gasteiger partial charge on any atom is 0.305 e. The fraction of sp³-hybridized carbons (Fsp3) is 0.364. The van der Waals surface area contributed by atoms with E-state index in [1.165, 1.54) is 12.1 Å². The zero-order valence-electron chi connectivity index (χ0n) is 8.53. The molecular formula is C11H14FNO2. The molecular weight excluding hydrogens is 197 g/mol. The van der Waals surface area contributed by atoms with Crippen molar-refractivity contribution in [3.05, 3.63) is 30.1 Å². The standard InChI is InChI=1S/C11H14FNO2/c1-2-9(7-11(14)15)13-10-5-3-8(12)4-6-10/h3-6,9,13H,2,7H2,1H3,(H,14,15)/t9-/m1/s1. The van der Waals surface area contributed by atoms with Crippen LogP contribution in [0.5, 0.6) is 0 Å². The number of carboxylic acids is 1. The molecule has 0 amide bonds. The summed E-state index contributed by atoms with van der Waals surface area (Å²) in [5.41, 5.74) is 0.740. The van der Waals surface area contributed by atoms with Gasteiger partial charge in [-0.15, -0.1) is 0 Å². The number of rotatable bonds is 5. The van der Waals surface area contributed by atoms with Crippen LogP contribution in [0.2, 0.25) is 0 Å². The van der Waals surface area contributed by atoms with Gasteiger partial charge >= 0.3 is 5.97 Å². The van der Waals surface area contributed by atoms with E-state index in [4.69, 9.17) is 5.11 Å². The summed E-state index contributed by atoms with van der Waals surface area (Å²) in [7, 11) is 0. The number of anilines is 1. The molecule has 0 unspecified atom stereocenters. The first-order valence-corrected chi connectivity index (χ1v) is 4.85. The molecule has 2 N–H and O–H groups in total. The number of aliphatic carboxylic acids is 1. The minimum Gasteiger partial charge on any atom is -0.481 e. The quantitative estimate of drug-likeness (QED) is 0.786. The third-order valence-corrected chi connectivity index (χ3v) is 2.13. The average molecular weight is 211 g/mol. The maximum atomic E-state index is 12.6. The molecule has 0 saturated carbocycles. The van der Waals surface area contributed by atoms with Gasteiger partial charge in [-0.2, -0.15) is 0 Å². The molecule has 0 bridgehead atoms. The Hall–Kier alpha value is -1.58. The van der Waals surface area contributed by atoms with Crippen LogP contribution >= 0.6 is 0 Å². The van der Waals surface area contributed by atoms with Crippen molar-refractivity contribution in [3.8, 4) is 0 Å². The van der Waals surface area contributed by atoms with Gasteiger partial charge in [0.15, 0.2) is 0 Å². The summed E-state index contributed by atoms with van der Waals surface area (Å²) in [4.78, 5) is 10.5. The van der Waals surface area contributed by atoms with Gasteiger partial charge in [0.25, 0.3) is 0 Å². The number of hydrogen-bond acceptors (Lipinski definition) is 2. The zero-order chi connectivity index (χ0) is 11.3. The number of carboxylic acid groups (broad SMARTS) is 1. The first kappa shape index (κ1) is 11.5. The topological polar surface area (TPSA) is 49.3 Å². The average Bonchev–Trinajstić information content (AvgIpc) is 2.19. The molecule has 0 aliphatic carbocycles. The molecule has 1 aromatic rings. The van der Waals surface area contributed by atoms with Gasteiger partial charge in [-0.1, -0.05) is 6.92 Å². The lowest BCUT2D eigenvalue weighted by Crippen LogP contribution is -2.22. The molecule has 0 aliphatic heterocycles.